The van der Waals surface area contributed by atoms with E-state index in [0.29, 0.717) is 48.3 Å². The zero-order valence-corrected chi connectivity index (χ0v) is 22.0. The number of aliphatic hydroxyl groups is 1. The highest BCUT2D eigenvalue weighted by Gasteiger charge is 2.25. The summed E-state index contributed by atoms with van der Waals surface area (Å²) in [5.74, 6) is 2.51. The molecule has 1 unspecified atom stereocenters. The van der Waals surface area contributed by atoms with E-state index in [0.717, 1.165) is 16.5 Å². The van der Waals surface area contributed by atoms with Gasteiger partial charge in [0.15, 0.2) is 23.0 Å². The summed E-state index contributed by atoms with van der Waals surface area (Å²) in [7, 11) is 1.62. The number of ether oxygens (including phenoxy) is 4. The van der Waals surface area contributed by atoms with Gasteiger partial charge in [-0.2, -0.15) is 0 Å². The summed E-state index contributed by atoms with van der Waals surface area (Å²) in [6.45, 7) is 13.0. The molecule has 0 saturated heterocycles. The van der Waals surface area contributed by atoms with Gasteiger partial charge in [-0.25, -0.2) is 0 Å². The summed E-state index contributed by atoms with van der Waals surface area (Å²) in [5.41, 5.74) is 2.03. The molecule has 0 fully saturated rings. The topological polar surface area (TPSA) is 69.2 Å². The lowest BCUT2D eigenvalue weighted by molar-refractivity contribution is 0.105. The van der Waals surface area contributed by atoms with E-state index >= 15 is 0 Å². The normalized spacial score (nSPS) is 14.7. The molecule has 1 heterocycles. The molecule has 0 bridgehead atoms. The van der Waals surface area contributed by atoms with Crippen molar-refractivity contribution in [3.05, 3.63) is 45.9 Å². The van der Waals surface area contributed by atoms with E-state index in [1.165, 1.54) is 0 Å². The van der Waals surface area contributed by atoms with E-state index in [2.05, 4.69) is 55.9 Å². The van der Waals surface area contributed by atoms with Crippen LogP contribution < -0.4 is 24.3 Å². The van der Waals surface area contributed by atoms with E-state index < -0.39 is 6.10 Å². The Balaban J connectivity index is 1.66. The van der Waals surface area contributed by atoms with Crippen molar-refractivity contribution >= 4 is 15.9 Å². The molecule has 1 aliphatic rings. The third kappa shape index (κ3) is 7.26. The highest BCUT2D eigenvalue weighted by atomic mass is 79.9. The van der Waals surface area contributed by atoms with Crippen molar-refractivity contribution in [2.45, 2.75) is 59.2 Å². The smallest absolute Gasteiger partial charge is 0.175 e. The third-order valence-corrected chi connectivity index (χ3v) is 5.96. The van der Waals surface area contributed by atoms with Gasteiger partial charge in [-0.15, -0.1) is 0 Å². The van der Waals surface area contributed by atoms with Crippen LogP contribution in [0.4, 0.5) is 0 Å². The summed E-state index contributed by atoms with van der Waals surface area (Å²) in [5, 5.41) is 14.3. The number of benzene rings is 2. The van der Waals surface area contributed by atoms with Gasteiger partial charge in [-0.05, 0) is 77.0 Å². The van der Waals surface area contributed by atoms with Crippen LogP contribution in [-0.2, 0) is 6.54 Å². The van der Waals surface area contributed by atoms with E-state index in [1.807, 2.05) is 24.3 Å². The van der Waals surface area contributed by atoms with Crippen LogP contribution in [0.1, 0.15) is 58.3 Å². The number of halogens is 1. The summed E-state index contributed by atoms with van der Waals surface area (Å²) >= 11 is 3.61. The predicted molar refractivity (Wildman–Crippen MR) is 134 cm³/mol. The van der Waals surface area contributed by atoms with Crippen molar-refractivity contribution in [3.8, 4) is 23.0 Å². The average Bonchev–Trinajstić information content (AvgIpc) is 2.74. The van der Waals surface area contributed by atoms with Gasteiger partial charge >= 0.3 is 0 Å². The standard InChI is InChI=1S/C26H36BrNO5/c1-25(2,3)16-26(4,5)28-14-17-11-19(27)24(23(12-17)30-6)33-15-20(29)18-7-8-21-22(13-18)32-10-9-31-21/h7-8,11-13,20,28-29H,9-10,14-16H2,1-6H3. The molecule has 7 heteroatoms. The van der Waals surface area contributed by atoms with Gasteiger partial charge in [-0.1, -0.05) is 26.8 Å². The number of nitrogens with one attached hydrogen (secondary N) is 1. The molecule has 0 aromatic heterocycles. The Labute approximate surface area is 205 Å². The Bertz CT molecular complexity index is 954. The molecule has 6 nitrogen and oxygen atoms in total. The first-order chi connectivity index (χ1) is 15.5. The lowest BCUT2D eigenvalue weighted by Gasteiger charge is -2.33. The van der Waals surface area contributed by atoms with E-state index in [4.69, 9.17) is 18.9 Å². The first-order valence-corrected chi connectivity index (χ1v) is 12.1. The highest BCUT2D eigenvalue weighted by molar-refractivity contribution is 9.10. The monoisotopic (exact) mass is 521 g/mol. The number of rotatable bonds is 9. The third-order valence-electron chi connectivity index (χ3n) is 5.37. The minimum atomic E-state index is -0.822. The largest absolute Gasteiger partial charge is 0.493 e. The van der Waals surface area contributed by atoms with Crippen molar-refractivity contribution in [1.82, 2.24) is 5.32 Å². The molecule has 1 atom stereocenters. The van der Waals surface area contributed by atoms with Crippen LogP contribution in [0.2, 0.25) is 0 Å². The molecule has 0 aliphatic carbocycles. The molecule has 2 aromatic rings. The zero-order valence-electron chi connectivity index (χ0n) is 20.5. The Morgan fingerprint density at radius 2 is 1.76 bits per heavy atom. The fourth-order valence-electron chi connectivity index (χ4n) is 4.27. The second-order valence-electron chi connectivity index (χ2n) is 10.3. The van der Waals surface area contributed by atoms with Crippen molar-refractivity contribution in [2.24, 2.45) is 5.41 Å². The van der Waals surface area contributed by atoms with E-state index in [-0.39, 0.29) is 17.6 Å². The fraction of sp³-hybridized carbons (Fsp3) is 0.538. The maximum absolute atomic E-state index is 10.7. The second-order valence-corrected chi connectivity index (χ2v) is 11.2. The Morgan fingerprint density at radius 3 is 2.42 bits per heavy atom. The lowest BCUT2D eigenvalue weighted by Crippen LogP contribution is -2.41. The summed E-state index contributed by atoms with van der Waals surface area (Å²) in [4.78, 5) is 0. The van der Waals surface area contributed by atoms with Crippen molar-refractivity contribution in [2.75, 3.05) is 26.9 Å². The molecule has 0 spiro atoms. The highest BCUT2D eigenvalue weighted by Crippen LogP contribution is 2.38. The minimum absolute atomic E-state index is 0.000866. The van der Waals surface area contributed by atoms with Gasteiger partial charge in [0.05, 0.1) is 11.6 Å². The van der Waals surface area contributed by atoms with Crippen molar-refractivity contribution < 1.29 is 24.1 Å². The van der Waals surface area contributed by atoms with Crippen LogP contribution in [0.25, 0.3) is 0 Å². The predicted octanol–water partition coefficient (Wildman–Crippen LogP) is 5.65. The van der Waals surface area contributed by atoms with E-state index in [1.54, 1.807) is 13.2 Å². The molecular weight excluding hydrogens is 486 g/mol. The summed E-state index contributed by atoms with van der Waals surface area (Å²) in [6, 6.07) is 9.42. The molecule has 182 valence electrons. The average molecular weight is 522 g/mol. The van der Waals surface area contributed by atoms with Crippen LogP contribution in [-0.4, -0.2) is 37.6 Å². The molecular formula is C26H36BrNO5. The summed E-state index contributed by atoms with van der Waals surface area (Å²) < 4.78 is 23.5. The molecule has 3 rings (SSSR count). The van der Waals surface area contributed by atoms with Gasteiger partial charge in [0.1, 0.15) is 25.9 Å². The Morgan fingerprint density at radius 1 is 1.06 bits per heavy atom. The SMILES string of the molecule is COc1cc(CNC(C)(C)CC(C)(C)C)cc(Br)c1OCC(O)c1ccc2c(c1)OCCO2. The maximum Gasteiger partial charge on any atom is 0.175 e. The molecule has 0 amide bonds. The van der Waals surface area contributed by atoms with Crippen LogP contribution in [0.5, 0.6) is 23.0 Å². The maximum atomic E-state index is 10.7. The van der Waals surface area contributed by atoms with Crippen LogP contribution in [0, 0.1) is 5.41 Å². The first-order valence-electron chi connectivity index (χ1n) is 11.3. The molecule has 2 aromatic carbocycles. The van der Waals surface area contributed by atoms with Crippen LogP contribution in [0.15, 0.2) is 34.8 Å². The van der Waals surface area contributed by atoms with Crippen LogP contribution >= 0.6 is 15.9 Å². The minimum Gasteiger partial charge on any atom is -0.493 e. The molecule has 0 saturated carbocycles. The number of hydrogen-bond acceptors (Lipinski definition) is 6. The molecule has 33 heavy (non-hydrogen) atoms. The van der Waals surface area contributed by atoms with Gasteiger partial charge in [0.25, 0.3) is 0 Å². The Hall–Kier alpha value is -1.96. The number of methoxy groups -OCH3 is 1. The van der Waals surface area contributed by atoms with Crippen molar-refractivity contribution in [1.29, 1.82) is 0 Å². The lowest BCUT2D eigenvalue weighted by atomic mass is 9.82. The molecule has 1 aliphatic heterocycles. The van der Waals surface area contributed by atoms with E-state index in [9.17, 15) is 5.11 Å². The van der Waals surface area contributed by atoms with Gasteiger partial charge in [0, 0.05) is 12.1 Å². The quantitative estimate of drug-likeness (QED) is 0.444. The second kappa shape index (κ2) is 10.5. The molecule has 0 radical (unpaired) electrons. The fourth-order valence-corrected chi connectivity index (χ4v) is 4.87. The molecule has 2 N–H and O–H groups in total. The van der Waals surface area contributed by atoms with Gasteiger partial charge in [0.2, 0.25) is 0 Å². The zero-order chi connectivity index (χ0) is 24.2. The van der Waals surface area contributed by atoms with Gasteiger partial charge in [-0.3, -0.25) is 0 Å². The number of fused-ring (bicyclic) bond motifs is 1. The first kappa shape index (κ1) is 25.7. The van der Waals surface area contributed by atoms with Crippen LogP contribution in [0.3, 0.4) is 0 Å². The Kier molecular flexibility index (Phi) is 8.19. The number of hydrogen-bond donors (Lipinski definition) is 2. The van der Waals surface area contributed by atoms with Crippen molar-refractivity contribution in [3.63, 3.8) is 0 Å². The van der Waals surface area contributed by atoms with Gasteiger partial charge < -0.3 is 29.4 Å². The number of aliphatic hydroxyl groups excluding tert-OH is 1. The summed E-state index contributed by atoms with van der Waals surface area (Å²) in [6.07, 6.45) is 0.231.